The van der Waals surface area contributed by atoms with Crippen molar-refractivity contribution in [3.8, 4) is 0 Å². The van der Waals surface area contributed by atoms with Gasteiger partial charge >= 0.3 is 0 Å². The third-order valence-electron chi connectivity index (χ3n) is 1.70. The van der Waals surface area contributed by atoms with Crippen LogP contribution in [0, 0.1) is 6.92 Å². The van der Waals surface area contributed by atoms with Crippen LogP contribution in [0.15, 0.2) is 42.5 Å². The van der Waals surface area contributed by atoms with E-state index in [0.717, 1.165) is 0 Å². The zero-order valence-corrected chi connectivity index (χ0v) is 6.98. The van der Waals surface area contributed by atoms with Gasteiger partial charge in [0.15, 0.2) is 0 Å². The van der Waals surface area contributed by atoms with E-state index in [0.29, 0.717) is 0 Å². The molecule has 1 aromatic rings. The van der Waals surface area contributed by atoms with Crippen molar-refractivity contribution in [1.82, 2.24) is 0 Å². The summed E-state index contributed by atoms with van der Waals surface area (Å²) in [7, 11) is 0. The Kier molecular flexibility index (Phi) is 3.55. The minimum absolute atomic E-state index is 0.0822. The van der Waals surface area contributed by atoms with Crippen LogP contribution in [0.1, 0.15) is 11.5 Å². The van der Waals surface area contributed by atoms with E-state index >= 15 is 0 Å². The summed E-state index contributed by atoms with van der Waals surface area (Å²) in [6.45, 7) is 4.03. The monoisotopic (exact) mass is 161 g/mol. The molecular weight excluding hydrogens is 148 g/mol. The SMILES string of the molecule is [CH2]C(/C=C/CO)c1ccccc1. The fourth-order valence-corrected chi connectivity index (χ4v) is 1.04. The van der Waals surface area contributed by atoms with Crippen LogP contribution in [0.4, 0.5) is 0 Å². The maximum Gasteiger partial charge on any atom is 0.0612 e. The highest BCUT2D eigenvalue weighted by molar-refractivity contribution is 5.24. The molecule has 1 rings (SSSR count). The van der Waals surface area contributed by atoms with Gasteiger partial charge in [0, 0.05) is 5.92 Å². The van der Waals surface area contributed by atoms with Crippen molar-refractivity contribution in [2.75, 3.05) is 6.61 Å². The Bertz CT molecular complexity index is 238. The van der Waals surface area contributed by atoms with Gasteiger partial charge in [-0.05, 0) is 12.5 Å². The zero-order valence-electron chi connectivity index (χ0n) is 6.98. The molecule has 0 aliphatic rings. The van der Waals surface area contributed by atoms with Gasteiger partial charge in [-0.1, -0.05) is 42.5 Å². The van der Waals surface area contributed by atoms with Crippen LogP contribution >= 0.6 is 0 Å². The van der Waals surface area contributed by atoms with Crippen LogP contribution in [-0.2, 0) is 0 Å². The van der Waals surface area contributed by atoms with Gasteiger partial charge in [0.05, 0.1) is 6.61 Å². The van der Waals surface area contributed by atoms with Crippen LogP contribution in [0.25, 0.3) is 0 Å². The Morgan fingerprint density at radius 3 is 2.58 bits per heavy atom. The van der Waals surface area contributed by atoms with Gasteiger partial charge in [0.1, 0.15) is 0 Å². The summed E-state index contributed by atoms with van der Waals surface area (Å²) in [5.41, 5.74) is 1.17. The van der Waals surface area contributed by atoms with Gasteiger partial charge < -0.3 is 5.11 Å². The number of rotatable bonds is 3. The van der Waals surface area contributed by atoms with E-state index in [9.17, 15) is 0 Å². The normalized spacial score (nSPS) is 13.5. The maximum atomic E-state index is 8.55. The topological polar surface area (TPSA) is 20.2 Å². The van der Waals surface area contributed by atoms with E-state index in [1.807, 2.05) is 36.4 Å². The van der Waals surface area contributed by atoms with Crippen molar-refractivity contribution < 1.29 is 5.11 Å². The summed E-state index contributed by atoms with van der Waals surface area (Å²) in [4.78, 5) is 0. The molecule has 1 N–H and O–H groups in total. The molecule has 0 aromatic heterocycles. The maximum absolute atomic E-state index is 8.55. The molecule has 1 radical (unpaired) electrons. The molecule has 0 bridgehead atoms. The van der Waals surface area contributed by atoms with E-state index in [1.165, 1.54) is 5.56 Å². The lowest BCUT2D eigenvalue weighted by atomic mass is 10.0. The summed E-state index contributed by atoms with van der Waals surface area (Å²) in [6, 6.07) is 10.0. The lowest BCUT2D eigenvalue weighted by Gasteiger charge is -2.04. The molecule has 1 nitrogen and oxygen atoms in total. The first-order valence-electron chi connectivity index (χ1n) is 4.00. The molecule has 1 heteroatoms. The van der Waals surface area contributed by atoms with Crippen LogP contribution in [-0.4, -0.2) is 11.7 Å². The smallest absolute Gasteiger partial charge is 0.0612 e. The minimum atomic E-state index is 0.0822. The largest absolute Gasteiger partial charge is 0.392 e. The highest BCUT2D eigenvalue weighted by Gasteiger charge is 1.97. The lowest BCUT2D eigenvalue weighted by Crippen LogP contribution is -1.88. The molecule has 1 atom stereocenters. The van der Waals surface area contributed by atoms with E-state index < -0.39 is 0 Å². The second-order valence-corrected chi connectivity index (χ2v) is 2.63. The van der Waals surface area contributed by atoms with Crippen molar-refractivity contribution >= 4 is 0 Å². The average Bonchev–Trinajstić information content (AvgIpc) is 2.15. The van der Waals surface area contributed by atoms with Crippen molar-refractivity contribution in [1.29, 1.82) is 0 Å². The molecule has 0 aliphatic carbocycles. The first kappa shape index (κ1) is 9.01. The van der Waals surface area contributed by atoms with E-state index in [2.05, 4.69) is 6.92 Å². The van der Waals surface area contributed by atoms with Crippen molar-refractivity contribution in [3.05, 3.63) is 55.0 Å². The third-order valence-corrected chi connectivity index (χ3v) is 1.70. The standard InChI is InChI=1S/C11H13O/c1-10(6-5-9-12)11-7-3-2-4-8-11/h2-8,10,12H,1,9H2/b6-5+. The second-order valence-electron chi connectivity index (χ2n) is 2.63. The van der Waals surface area contributed by atoms with Crippen LogP contribution < -0.4 is 0 Å². The van der Waals surface area contributed by atoms with E-state index in [-0.39, 0.29) is 12.5 Å². The number of allylic oxidation sites excluding steroid dienone is 1. The third kappa shape index (κ3) is 2.51. The van der Waals surface area contributed by atoms with Crippen LogP contribution in [0.2, 0.25) is 0 Å². The van der Waals surface area contributed by atoms with Crippen molar-refractivity contribution in [2.24, 2.45) is 0 Å². The van der Waals surface area contributed by atoms with Crippen molar-refractivity contribution in [3.63, 3.8) is 0 Å². The molecule has 1 aromatic carbocycles. The minimum Gasteiger partial charge on any atom is -0.392 e. The molecule has 0 aliphatic heterocycles. The Balaban J connectivity index is 2.65. The van der Waals surface area contributed by atoms with Crippen LogP contribution in [0.3, 0.4) is 0 Å². The number of hydrogen-bond acceptors (Lipinski definition) is 1. The molecule has 0 fully saturated rings. The zero-order chi connectivity index (χ0) is 8.81. The Morgan fingerprint density at radius 2 is 2.00 bits per heavy atom. The summed E-state index contributed by atoms with van der Waals surface area (Å²) in [5.74, 6) is 0.137. The molecule has 63 valence electrons. The van der Waals surface area contributed by atoms with Gasteiger partial charge in [0.25, 0.3) is 0 Å². The number of hydrogen-bond donors (Lipinski definition) is 1. The fraction of sp³-hybridized carbons (Fsp3) is 0.182. The van der Waals surface area contributed by atoms with Crippen molar-refractivity contribution in [2.45, 2.75) is 5.92 Å². The number of benzene rings is 1. The molecule has 12 heavy (non-hydrogen) atoms. The molecule has 0 saturated carbocycles. The van der Waals surface area contributed by atoms with Gasteiger partial charge in [-0.2, -0.15) is 0 Å². The first-order valence-corrected chi connectivity index (χ1v) is 4.00. The summed E-state index contributed by atoms with van der Waals surface area (Å²) < 4.78 is 0. The molecular formula is C11H13O. The summed E-state index contributed by atoms with van der Waals surface area (Å²) in [6.07, 6.45) is 3.61. The Labute approximate surface area is 73.4 Å². The molecule has 0 amide bonds. The summed E-state index contributed by atoms with van der Waals surface area (Å²) >= 11 is 0. The van der Waals surface area contributed by atoms with Gasteiger partial charge in [-0.25, -0.2) is 0 Å². The number of aliphatic hydroxyl groups is 1. The van der Waals surface area contributed by atoms with Gasteiger partial charge in [-0.15, -0.1) is 0 Å². The predicted octanol–water partition coefficient (Wildman–Crippen LogP) is 2.15. The number of aliphatic hydroxyl groups excluding tert-OH is 1. The second kappa shape index (κ2) is 4.73. The Hall–Kier alpha value is -1.08. The van der Waals surface area contributed by atoms with E-state index in [4.69, 9.17) is 5.11 Å². The first-order chi connectivity index (χ1) is 5.84. The quantitative estimate of drug-likeness (QED) is 0.673. The molecule has 0 spiro atoms. The Morgan fingerprint density at radius 1 is 1.33 bits per heavy atom. The average molecular weight is 161 g/mol. The predicted molar refractivity (Wildman–Crippen MR) is 50.8 cm³/mol. The highest BCUT2D eigenvalue weighted by Crippen LogP contribution is 2.14. The van der Waals surface area contributed by atoms with Gasteiger partial charge in [0.2, 0.25) is 0 Å². The summed E-state index contributed by atoms with van der Waals surface area (Å²) in [5, 5.41) is 8.55. The lowest BCUT2D eigenvalue weighted by molar-refractivity contribution is 0.342. The molecule has 0 saturated heterocycles. The van der Waals surface area contributed by atoms with Crippen LogP contribution in [0.5, 0.6) is 0 Å². The van der Waals surface area contributed by atoms with Gasteiger partial charge in [-0.3, -0.25) is 0 Å². The van der Waals surface area contributed by atoms with E-state index in [1.54, 1.807) is 6.08 Å². The highest BCUT2D eigenvalue weighted by atomic mass is 16.2. The fourth-order valence-electron chi connectivity index (χ4n) is 1.04. The molecule has 1 unspecified atom stereocenters. The molecule has 0 heterocycles.